The quantitative estimate of drug-likeness (QED) is 0.784. The van der Waals surface area contributed by atoms with E-state index >= 15 is 0 Å². The first kappa shape index (κ1) is 20.5. The Hall–Kier alpha value is -0.820. The number of nitrogens with zero attached hydrogens (tertiary/aromatic N) is 1. The summed E-state index contributed by atoms with van der Waals surface area (Å²) in [6.07, 6.45) is 2.22. The molecule has 5 nitrogen and oxygen atoms in total. The summed E-state index contributed by atoms with van der Waals surface area (Å²) in [6, 6.07) is 4.37. The molecule has 0 spiro atoms. The van der Waals surface area contributed by atoms with Crippen LogP contribution in [0.25, 0.3) is 0 Å². The van der Waals surface area contributed by atoms with Crippen LogP contribution in [0, 0.1) is 11.8 Å². The van der Waals surface area contributed by atoms with E-state index in [-0.39, 0.29) is 28.3 Å². The number of piperidine rings is 1. The molecule has 8 heteroatoms. The molecule has 140 valence electrons. The van der Waals surface area contributed by atoms with E-state index in [0.717, 1.165) is 6.42 Å². The number of hydrogen-bond donors (Lipinski definition) is 1. The summed E-state index contributed by atoms with van der Waals surface area (Å²) in [7, 11) is -3.78. The van der Waals surface area contributed by atoms with Crippen molar-refractivity contribution in [1.82, 2.24) is 9.62 Å². The number of carbonyl (C=O) groups excluding carboxylic acids is 1. The van der Waals surface area contributed by atoms with E-state index in [0.29, 0.717) is 36.9 Å². The lowest BCUT2D eigenvalue weighted by Gasteiger charge is -2.31. The van der Waals surface area contributed by atoms with Gasteiger partial charge in [-0.05, 0) is 43.4 Å². The fourth-order valence-corrected chi connectivity index (χ4v) is 5.08. The molecule has 1 fully saturated rings. The summed E-state index contributed by atoms with van der Waals surface area (Å²) < 4.78 is 27.1. The number of hydrogen-bond acceptors (Lipinski definition) is 3. The van der Waals surface area contributed by atoms with Crippen molar-refractivity contribution in [1.29, 1.82) is 0 Å². The molecule has 1 N–H and O–H groups in total. The Morgan fingerprint density at radius 3 is 2.76 bits per heavy atom. The summed E-state index contributed by atoms with van der Waals surface area (Å²) in [5, 5.41) is 3.35. The monoisotopic (exact) mass is 406 g/mol. The number of nitrogens with one attached hydrogen (secondary N) is 1. The fourth-order valence-electron chi connectivity index (χ4n) is 2.82. The third-order valence-corrected chi connectivity index (χ3v) is 6.87. The van der Waals surface area contributed by atoms with Gasteiger partial charge in [0.15, 0.2) is 0 Å². The lowest BCUT2D eigenvalue weighted by atomic mass is 9.98. The molecule has 0 unspecified atom stereocenters. The smallest absolute Gasteiger partial charge is 0.244 e. The van der Waals surface area contributed by atoms with Crippen molar-refractivity contribution in [3.63, 3.8) is 0 Å². The van der Waals surface area contributed by atoms with E-state index in [1.807, 2.05) is 0 Å². The van der Waals surface area contributed by atoms with Crippen molar-refractivity contribution in [3.8, 4) is 0 Å². The number of halogens is 2. The van der Waals surface area contributed by atoms with Crippen molar-refractivity contribution in [2.75, 3.05) is 19.6 Å². The molecule has 0 radical (unpaired) electrons. The molecule has 0 saturated carbocycles. The predicted molar refractivity (Wildman–Crippen MR) is 100 cm³/mol. The van der Waals surface area contributed by atoms with E-state index in [1.54, 1.807) is 6.07 Å². The summed E-state index contributed by atoms with van der Waals surface area (Å²) in [5.74, 6) is 0.0832. The topological polar surface area (TPSA) is 66.5 Å². The van der Waals surface area contributed by atoms with Crippen LogP contribution in [-0.2, 0) is 14.8 Å². The number of amides is 1. The molecule has 1 amide bonds. The zero-order valence-corrected chi connectivity index (χ0v) is 16.8. The molecule has 25 heavy (non-hydrogen) atoms. The zero-order chi connectivity index (χ0) is 18.6. The lowest BCUT2D eigenvalue weighted by molar-refractivity contribution is -0.126. The summed E-state index contributed by atoms with van der Waals surface area (Å²) in [5.41, 5.74) is 0. The number of benzene rings is 1. The summed E-state index contributed by atoms with van der Waals surface area (Å²) in [6.45, 7) is 5.34. The highest BCUT2D eigenvalue weighted by Crippen LogP contribution is 2.30. The van der Waals surface area contributed by atoms with Gasteiger partial charge in [-0.25, -0.2) is 8.42 Å². The van der Waals surface area contributed by atoms with Crippen LogP contribution in [-0.4, -0.2) is 38.3 Å². The third kappa shape index (κ3) is 5.33. The van der Waals surface area contributed by atoms with E-state index in [1.165, 1.54) is 16.4 Å². The number of rotatable bonds is 6. The Kier molecular flexibility index (Phi) is 7.14. The molecule has 0 bridgehead atoms. The second-order valence-corrected chi connectivity index (χ2v) is 9.50. The molecule has 1 aliphatic heterocycles. The maximum absolute atomic E-state index is 12.9. The van der Waals surface area contributed by atoms with Gasteiger partial charge in [-0.2, -0.15) is 4.31 Å². The van der Waals surface area contributed by atoms with Gasteiger partial charge in [-0.1, -0.05) is 37.0 Å². The molecule has 1 heterocycles. The molecule has 0 aliphatic carbocycles. The Bertz CT molecular complexity index is 723. The molecular weight excluding hydrogens is 383 g/mol. The van der Waals surface area contributed by atoms with Gasteiger partial charge < -0.3 is 5.32 Å². The van der Waals surface area contributed by atoms with E-state index in [2.05, 4.69) is 19.2 Å². The Morgan fingerprint density at radius 2 is 2.08 bits per heavy atom. The third-order valence-electron chi connectivity index (χ3n) is 4.29. The molecule has 2 rings (SSSR count). The van der Waals surface area contributed by atoms with E-state index in [4.69, 9.17) is 23.2 Å². The molecular formula is C17H24Cl2N2O3S. The van der Waals surface area contributed by atoms with Crippen molar-refractivity contribution in [3.05, 3.63) is 28.2 Å². The highest BCUT2D eigenvalue weighted by Gasteiger charge is 2.34. The number of carbonyl (C=O) groups is 1. The van der Waals surface area contributed by atoms with Crippen LogP contribution in [0.5, 0.6) is 0 Å². The van der Waals surface area contributed by atoms with Gasteiger partial charge in [0.25, 0.3) is 0 Å². The van der Waals surface area contributed by atoms with Crippen molar-refractivity contribution < 1.29 is 13.2 Å². The Morgan fingerprint density at radius 1 is 1.36 bits per heavy atom. The first-order valence-electron chi connectivity index (χ1n) is 8.44. The summed E-state index contributed by atoms with van der Waals surface area (Å²) in [4.78, 5) is 12.3. The first-order valence-corrected chi connectivity index (χ1v) is 10.6. The standard InChI is InChI=1S/C17H24Cl2N2O3S/c1-12(2)7-8-20-17(22)13-4-3-9-21(11-13)25(23,24)16-10-14(18)5-6-15(16)19/h5-6,10,12-13H,3-4,7-9,11H2,1-2H3,(H,20,22)/t13-/m0/s1. The van der Waals surface area contributed by atoms with E-state index < -0.39 is 10.0 Å². The first-order chi connectivity index (χ1) is 11.7. The second kappa shape index (κ2) is 8.71. The highest BCUT2D eigenvalue weighted by atomic mass is 35.5. The maximum atomic E-state index is 12.9. The average molecular weight is 407 g/mol. The largest absolute Gasteiger partial charge is 0.356 e. The van der Waals surface area contributed by atoms with Crippen LogP contribution in [0.3, 0.4) is 0 Å². The molecule has 1 saturated heterocycles. The van der Waals surface area contributed by atoms with Gasteiger partial charge in [0, 0.05) is 24.7 Å². The van der Waals surface area contributed by atoms with Gasteiger partial charge in [-0.3, -0.25) is 4.79 Å². The highest BCUT2D eigenvalue weighted by molar-refractivity contribution is 7.89. The summed E-state index contributed by atoms with van der Waals surface area (Å²) >= 11 is 12.0. The zero-order valence-electron chi connectivity index (χ0n) is 14.5. The van der Waals surface area contributed by atoms with Crippen LogP contribution in [0.4, 0.5) is 0 Å². The Labute approximate surface area is 159 Å². The van der Waals surface area contributed by atoms with Crippen molar-refractivity contribution in [2.24, 2.45) is 11.8 Å². The molecule has 1 aliphatic rings. The van der Waals surface area contributed by atoms with E-state index in [9.17, 15) is 13.2 Å². The van der Waals surface area contributed by atoms with Gasteiger partial charge in [-0.15, -0.1) is 0 Å². The van der Waals surface area contributed by atoms with Crippen LogP contribution in [0.15, 0.2) is 23.1 Å². The SMILES string of the molecule is CC(C)CCNC(=O)[C@H]1CCCN(S(=O)(=O)c2cc(Cl)ccc2Cl)C1. The van der Waals surface area contributed by atoms with Crippen LogP contribution < -0.4 is 5.32 Å². The molecule has 1 aromatic rings. The molecule has 1 aromatic carbocycles. The minimum Gasteiger partial charge on any atom is -0.356 e. The van der Waals surface area contributed by atoms with Crippen molar-refractivity contribution >= 4 is 39.1 Å². The molecule has 0 aromatic heterocycles. The number of sulfonamides is 1. The minimum absolute atomic E-state index is 0.0115. The fraction of sp³-hybridized carbons (Fsp3) is 0.588. The normalized spacial score (nSPS) is 19.2. The van der Waals surface area contributed by atoms with Crippen LogP contribution >= 0.6 is 23.2 Å². The van der Waals surface area contributed by atoms with Crippen LogP contribution in [0.2, 0.25) is 10.0 Å². The second-order valence-electron chi connectivity index (χ2n) is 6.75. The average Bonchev–Trinajstić information content (AvgIpc) is 2.56. The van der Waals surface area contributed by atoms with Crippen LogP contribution in [0.1, 0.15) is 33.1 Å². The van der Waals surface area contributed by atoms with Crippen molar-refractivity contribution in [2.45, 2.75) is 38.0 Å². The minimum atomic E-state index is -3.78. The molecule has 1 atom stereocenters. The lowest BCUT2D eigenvalue weighted by Crippen LogP contribution is -2.45. The van der Waals surface area contributed by atoms with Gasteiger partial charge in [0.1, 0.15) is 4.90 Å². The van der Waals surface area contributed by atoms with Gasteiger partial charge in [0.2, 0.25) is 15.9 Å². The predicted octanol–water partition coefficient (Wildman–Crippen LogP) is 3.56. The maximum Gasteiger partial charge on any atom is 0.244 e. The van der Waals surface area contributed by atoms with Gasteiger partial charge >= 0.3 is 0 Å². The Balaban J connectivity index is 2.09. The van der Waals surface area contributed by atoms with Gasteiger partial charge in [0.05, 0.1) is 10.9 Å².